The minimum atomic E-state index is -0.282. The van der Waals surface area contributed by atoms with Gasteiger partial charge in [-0.3, -0.25) is 0 Å². The van der Waals surface area contributed by atoms with Crippen LogP contribution in [-0.4, -0.2) is 11.9 Å². The molecule has 3 aromatic rings. The van der Waals surface area contributed by atoms with Crippen molar-refractivity contribution in [1.29, 1.82) is 0 Å². The first-order valence-corrected chi connectivity index (χ1v) is 11.7. The van der Waals surface area contributed by atoms with E-state index < -0.39 is 0 Å². The van der Waals surface area contributed by atoms with Gasteiger partial charge in [0.05, 0.1) is 5.54 Å². The van der Waals surface area contributed by atoms with Crippen LogP contribution >= 0.6 is 12.6 Å². The smallest absolute Gasteiger partial charge is 0.0645 e. The number of thiol groups is 1. The predicted octanol–water partition coefficient (Wildman–Crippen LogP) is 6.18. The fourth-order valence-corrected chi connectivity index (χ4v) is 5.40. The zero-order valence-electron chi connectivity index (χ0n) is 19.7. The molecule has 3 aromatic carbocycles. The molecule has 0 amide bonds. The summed E-state index contributed by atoms with van der Waals surface area (Å²) in [5.74, 6) is 0. The van der Waals surface area contributed by atoms with E-state index >= 15 is 0 Å². The molecule has 0 aromatic heterocycles. The largest absolute Gasteiger partial charge is 0.375 e. The molecule has 3 heteroatoms. The van der Waals surface area contributed by atoms with Crippen LogP contribution in [0.25, 0.3) is 29.1 Å². The van der Waals surface area contributed by atoms with E-state index in [4.69, 9.17) is 0 Å². The molecule has 0 radical (unpaired) electrons. The van der Waals surface area contributed by atoms with Crippen molar-refractivity contribution in [3.8, 4) is 0 Å². The molecular weight excluding hydrogens is 408 g/mol. The first-order chi connectivity index (χ1) is 15.3. The van der Waals surface area contributed by atoms with E-state index in [0.29, 0.717) is 0 Å². The number of hydrogen-bond acceptors (Lipinski definition) is 3. The van der Waals surface area contributed by atoms with Crippen molar-refractivity contribution in [3.05, 3.63) is 87.9 Å². The highest BCUT2D eigenvalue weighted by molar-refractivity contribution is 7.80. The van der Waals surface area contributed by atoms with Crippen molar-refractivity contribution in [2.45, 2.75) is 44.6 Å². The van der Waals surface area contributed by atoms with Crippen molar-refractivity contribution in [3.63, 3.8) is 0 Å². The molecule has 1 aliphatic heterocycles. The second-order valence-corrected chi connectivity index (χ2v) is 9.21. The van der Waals surface area contributed by atoms with Crippen LogP contribution in [-0.2, 0) is 5.54 Å². The maximum atomic E-state index is 4.58. The topological polar surface area (TPSA) is 15.3 Å². The number of rotatable bonds is 2. The minimum Gasteiger partial charge on any atom is -0.375 e. The SMILES string of the molecule is C=C1C=c2c3c(c(=C)c4ccccc24)C(C)(Nc2cc(C)cc(S)c2)CC=C3N1C.CC. The van der Waals surface area contributed by atoms with Gasteiger partial charge in [0.2, 0.25) is 0 Å². The summed E-state index contributed by atoms with van der Waals surface area (Å²) in [5.41, 5.74) is 6.77. The molecular formula is C29H32N2S. The summed E-state index contributed by atoms with van der Waals surface area (Å²) >= 11 is 4.58. The Morgan fingerprint density at radius 1 is 1.06 bits per heavy atom. The average Bonchev–Trinajstić information content (AvgIpc) is 2.76. The average molecular weight is 441 g/mol. The van der Waals surface area contributed by atoms with Crippen LogP contribution in [0.15, 0.2) is 65.7 Å². The van der Waals surface area contributed by atoms with Crippen LogP contribution in [0, 0.1) is 6.92 Å². The molecule has 1 atom stereocenters. The van der Waals surface area contributed by atoms with Crippen molar-refractivity contribution in [1.82, 2.24) is 4.90 Å². The molecule has 1 aliphatic carbocycles. The Hall–Kier alpha value is -2.91. The van der Waals surface area contributed by atoms with Gasteiger partial charge in [-0.1, -0.05) is 57.3 Å². The van der Waals surface area contributed by atoms with E-state index in [9.17, 15) is 0 Å². The molecule has 0 saturated carbocycles. The summed E-state index contributed by atoms with van der Waals surface area (Å²) in [6.07, 6.45) is 5.41. The van der Waals surface area contributed by atoms with Gasteiger partial charge in [0, 0.05) is 34.6 Å². The van der Waals surface area contributed by atoms with Crippen LogP contribution in [0.1, 0.15) is 43.9 Å². The zero-order valence-corrected chi connectivity index (χ0v) is 20.6. The summed E-state index contributed by atoms with van der Waals surface area (Å²) in [4.78, 5) is 3.16. The molecule has 2 aliphatic rings. The maximum Gasteiger partial charge on any atom is 0.0645 e. The van der Waals surface area contributed by atoms with E-state index in [1.165, 1.54) is 38.4 Å². The van der Waals surface area contributed by atoms with Gasteiger partial charge >= 0.3 is 0 Å². The van der Waals surface area contributed by atoms with Gasteiger partial charge in [-0.15, -0.1) is 12.6 Å². The van der Waals surface area contributed by atoms with E-state index in [1.807, 2.05) is 13.8 Å². The Labute approximate surface area is 197 Å². The highest BCUT2D eigenvalue weighted by atomic mass is 32.1. The van der Waals surface area contributed by atoms with Gasteiger partial charge in [-0.2, -0.15) is 0 Å². The number of benzene rings is 3. The lowest BCUT2D eigenvalue weighted by molar-refractivity contribution is 0.520. The van der Waals surface area contributed by atoms with Gasteiger partial charge in [0.15, 0.2) is 0 Å². The normalized spacial score (nSPS) is 18.9. The fraction of sp³-hybridized carbons (Fsp3) is 0.241. The molecule has 2 nitrogen and oxygen atoms in total. The molecule has 1 unspecified atom stereocenters. The first-order valence-electron chi connectivity index (χ1n) is 11.3. The molecule has 0 saturated heterocycles. The Kier molecular flexibility index (Phi) is 5.72. The standard InChI is InChI=1S/C27H26N2S.C2H6/c1-16-12-19(15-20(30)13-16)28-27(4)11-10-24-25-23(14-17(2)29(24)5)22-9-7-6-8-21(22)18(3)26(25)27;1-2/h6-10,12-15,28,30H,2-3,11H2,1,4-5H3;1-2H3. The number of allylic oxidation sites excluding steroid dienone is 1. The third kappa shape index (κ3) is 3.45. The zero-order chi connectivity index (χ0) is 23.2. The quantitative estimate of drug-likeness (QED) is 0.462. The molecule has 5 rings (SSSR count). The number of anilines is 1. The number of nitrogens with one attached hydrogen (secondary N) is 1. The monoisotopic (exact) mass is 440 g/mol. The van der Waals surface area contributed by atoms with Crippen molar-refractivity contribution in [2.75, 3.05) is 12.4 Å². The van der Waals surface area contributed by atoms with Crippen LogP contribution in [0.2, 0.25) is 0 Å². The number of fused-ring (bicyclic) bond motifs is 2. The summed E-state index contributed by atoms with van der Waals surface area (Å²) < 4.78 is 0. The molecule has 0 spiro atoms. The van der Waals surface area contributed by atoms with Gasteiger partial charge in [-0.05, 0) is 76.9 Å². The maximum absolute atomic E-state index is 4.58. The lowest BCUT2D eigenvalue weighted by atomic mass is 9.75. The molecule has 1 heterocycles. The van der Waals surface area contributed by atoms with Gasteiger partial charge in [0.1, 0.15) is 0 Å². The first kappa shape index (κ1) is 22.3. The third-order valence-electron chi connectivity index (χ3n) is 6.46. The highest BCUT2D eigenvalue weighted by Gasteiger charge is 2.37. The molecule has 0 fully saturated rings. The van der Waals surface area contributed by atoms with Crippen molar-refractivity contribution < 1.29 is 0 Å². The molecule has 164 valence electrons. The predicted molar refractivity (Wildman–Crippen MR) is 143 cm³/mol. The number of nitrogens with zero attached hydrogens (tertiary/aromatic N) is 1. The Morgan fingerprint density at radius 2 is 1.75 bits per heavy atom. The van der Waals surface area contributed by atoms with Crippen LogP contribution in [0.3, 0.4) is 0 Å². The van der Waals surface area contributed by atoms with Crippen LogP contribution < -0.4 is 15.8 Å². The second-order valence-electron chi connectivity index (χ2n) is 8.69. The Balaban J connectivity index is 0.00000119. The number of hydrogen-bond donors (Lipinski definition) is 2. The summed E-state index contributed by atoms with van der Waals surface area (Å²) in [7, 11) is 2.10. The van der Waals surface area contributed by atoms with Crippen molar-refractivity contribution in [2.24, 2.45) is 0 Å². The van der Waals surface area contributed by atoms with Gasteiger partial charge in [0.25, 0.3) is 0 Å². The lowest BCUT2D eigenvalue weighted by Crippen LogP contribution is -2.44. The van der Waals surface area contributed by atoms with Crippen molar-refractivity contribution >= 4 is 47.4 Å². The lowest BCUT2D eigenvalue weighted by Gasteiger charge is -2.42. The molecule has 0 bridgehead atoms. The second kappa shape index (κ2) is 8.22. The molecule has 1 N–H and O–H groups in total. The minimum absolute atomic E-state index is 0.282. The fourth-order valence-electron chi connectivity index (χ4n) is 5.06. The summed E-state index contributed by atoms with van der Waals surface area (Å²) in [6, 6.07) is 14.9. The van der Waals surface area contributed by atoms with Gasteiger partial charge in [-0.25, -0.2) is 0 Å². The Bertz CT molecular complexity index is 1360. The van der Waals surface area contributed by atoms with E-state index in [-0.39, 0.29) is 5.54 Å². The summed E-state index contributed by atoms with van der Waals surface area (Å²) in [6.45, 7) is 17.2. The van der Waals surface area contributed by atoms with Crippen LogP contribution in [0.5, 0.6) is 0 Å². The number of aryl methyl sites for hydroxylation is 1. The van der Waals surface area contributed by atoms with Gasteiger partial charge < -0.3 is 10.2 Å². The Morgan fingerprint density at radius 3 is 2.44 bits per heavy atom. The third-order valence-corrected chi connectivity index (χ3v) is 6.72. The van der Waals surface area contributed by atoms with Crippen LogP contribution in [0.4, 0.5) is 5.69 Å². The van der Waals surface area contributed by atoms with E-state index in [2.05, 4.69) is 112 Å². The highest BCUT2D eigenvalue weighted by Crippen LogP contribution is 2.41. The van der Waals surface area contributed by atoms with E-state index in [1.54, 1.807) is 0 Å². The summed E-state index contributed by atoms with van der Waals surface area (Å²) in [5, 5.41) is 8.61. The van der Waals surface area contributed by atoms with E-state index in [0.717, 1.165) is 27.9 Å². The molecule has 32 heavy (non-hydrogen) atoms.